The predicted molar refractivity (Wildman–Crippen MR) is 138 cm³/mol. The lowest BCUT2D eigenvalue weighted by Crippen LogP contribution is -2.39. The quantitative estimate of drug-likeness (QED) is 0.286. The molecule has 6 heteroatoms. The molecular weight excluding hydrogens is 446 g/mol. The number of nitrogens with zero attached hydrogens (tertiary/aromatic N) is 1. The van der Waals surface area contributed by atoms with Crippen molar-refractivity contribution in [3.63, 3.8) is 0 Å². The molecule has 0 aliphatic rings. The molecule has 5 nitrogen and oxygen atoms in total. The normalized spacial score (nSPS) is 12.3. The maximum atomic E-state index is 12.2. The molecule has 0 spiro atoms. The van der Waals surface area contributed by atoms with Gasteiger partial charge in [-0.05, 0) is 77.3 Å². The van der Waals surface area contributed by atoms with Gasteiger partial charge in [0.15, 0.2) is 5.60 Å². The van der Waals surface area contributed by atoms with Gasteiger partial charge in [0.05, 0.1) is 17.2 Å². The van der Waals surface area contributed by atoms with Gasteiger partial charge in [-0.3, -0.25) is 0 Å². The van der Waals surface area contributed by atoms with Gasteiger partial charge in [-0.25, -0.2) is 9.78 Å². The van der Waals surface area contributed by atoms with Crippen molar-refractivity contribution in [2.24, 2.45) is 0 Å². The standard InChI is InChI=1S/C28H35NO4S/c1-8-10-21-11-13-22(14-12-21)26-29-19(4)25(34-26)20(5)32-23-15-16-24(18(3)17-23)33-28(6,7)27(30)31-9-2/h11-17,20H,8-10H2,1-7H3. The molecule has 34 heavy (non-hydrogen) atoms. The van der Waals surface area contributed by atoms with Gasteiger partial charge in [-0.1, -0.05) is 37.6 Å². The highest BCUT2D eigenvalue weighted by Gasteiger charge is 2.32. The van der Waals surface area contributed by atoms with E-state index in [4.69, 9.17) is 19.2 Å². The minimum absolute atomic E-state index is 0.146. The molecule has 0 amide bonds. The summed E-state index contributed by atoms with van der Waals surface area (Å²) in [4.78, 5) is 18.1. The summed E-state index contributed by atoms with van der Waals surface area (Å²) in [5.41, 5.74) is 3.29. The van der Waals surface area contributed by atoms with Crippen molar-refractivity contribution >= 4 is 17.3 Å². The molecule has 2 aromatic carbocycles. The minimum Gasteiger partial charge on any atom is -0.485 e. The summed E-state index contributed by atoms with van der Waals surface area (Å²) in [5, 5.41) is 1.01. The van der Waals surface area contributed by atoms with E-state index in [0.717, 1.165) is 45.3 Å². The second-order valence-corrected chi connectivity index (χ2v) is 9.97. The number of hydrogen-bond donors (Lipinski definition) is 0. The van der Waals surface area contributed by atoms with Gasteiger partial charge in [0.2, 0.25) is 0 Å². The lowest BCUT2D eigenvalue weighted by atomic mass is 10.1. The van der Waals surface area contributed by atoms with Gasteiger partial charge in [-0.15, -0.1) is 11.3 Å². The lowest BCUT2D eigenvalue weighted by molar-refractivity contribution is -0.158. The first-order chi connectivity index (χ1) is 16.1. The number of aromatic nitrogens is 1. The Hall–Kier alpha value is -2.86. The van der Waals surface area contributed by atoms with Gasteiger partial charge in [0.25, 0.3) is 0 Å². The Labute approximate surface area is 207 Å². The van der Waals surface area contributed by atoms with Crippen LogP contribution in [0.2, 0.25) is 0 Å². The van der Waals surface area contributed by atoms with Crippen molar-refractivity contribution < 1.29 is 19.0 Å². The third kappa shape index (κ3) is 6.17. The van der Waals surface area contributed by atoms with Crippen LogP contribution in [-0.4, -0.2) is 23.2 Å². The van der Waals surface area contributed by atoms with Crippen molar-refractivity contribution in [3.8, 4) is 22.1 Å². The third-order valence-corrected chi connectivity index (χ3v) is 6.90. The van der Waals surface area contributed by atoms with Crippen molar-refractivity contribution in [3.05, 3.63) is 64.2 Å². The van der Waals surface area contributed by atoms with Crippen LogP contribution >= 0.6 is 11.3 Å². The van der Waals surface area contributed by atoms with E-state index in [1.807, 2.05) is 39.0 Å². The average molecular weight is 482 g/mol. The first kappa shape index (κ1) is 25.8. The summed E-state index contributed by atoms with van der Waals surface area (Å²) in [5.74, 6) is 0.977. The van der Waals surface area contributed by atoms with Crippen LogP contribution in [0.25, 0.3) is 10.6 Å². The van der Waals surface area contributed by atoms with E-state index in [1.165, 1.54) is 5.56 Å². The number of carbonyl (C=O) groups excluding carboxylic acids is 1. The predicted octanol–water partition coefficient (Wildman–Crippen LogP) is 7.24. The van der Waals surface area contributed by atoms with Crippen LogP contribution in [0.3, 0.4) is 0 Å². The van der Waals surface area contributed by atoms with Crippen molar-refractivity contribution in [2.45, 2.75) is 73.0 Å². The Morgan fingerprint density at radius 1 is 1.09 bits per heavy atom. The Bertz CT molecular complexity index is 1120. The fourth-order valence-corrected chi connectivity index (χ4v) is 4.75. The van der Waals surface area contributed by atoms with Crippen LogP contribution < -0.4 is 9.47 Å². The summed E-state index contributed by atoms with van der Waals surface area (Å²) < 4.78 is 17.3. The van der Waals surface area contributed by atoms with Gasteiger partial charge in [-0.2, -0.15) is 0 Å². The molecule has 0 N–H and O–H groups in total. The first-order valence-electron chi connectivity index (χ1n) is 11.8. The van der Waals surface area contributed by atoms with Crippen molar-refractivity contribution in [1.29, 1.82) is 0 Å². The number of rotatable bonds is 10. The van der Waals surface area contributed by atoms with Gasteiger partial charge in [0, 0.05) is 5.56 Å². The zero-order valence-electron chi connectivity index (χ0n) is 21.2. The highest BCUT2D eigenvalue weighted by atomic mass is 32.1. The Morgan fingerprint density at radius 3 is 2.41 bits per heavy atom. The number of thiazole rings is 1. The van der Waals surface area contributed by atoms with Gasteiger partial charge >= 0.3 is 5.97 Å². The molecule has 1 atom stereocenters. The molecule has 0 bridgehead atoms. The first-order valence-corrected chi connectivity index (χ1v) is 12.7. The highest BCUT2D eigenvalue weighted by Crippen LogP contribution is 2.35. The molecule has 0 radical (unpaired) electrons. The minimum atomic E-state index is -1.07. The second-order valence-electron chi connectivity index (χ2n) is 8.94. The van der Waals surface area contributed by atoms with E-state index in [0.29, 0.717) is 12.4 Å². The maximum Gasteiger partial charge on any atom is 0.349 e. The number of aryl methyl sites for hydroxylation is 3. The molecule has 0 aliphatic heterocycles. The van der Waals surface area contributed by atoms with E-state index in [2.05, 4.69) is 31.2 Å². The number of benzene rings is 2. The smallest absolute Gasteiger partial charge is 0.349 e. The van der Waals surface area contributed by atoms with E-state index < -0.39 is 5.60 Å². The summed E-state index contributed by atoms with van der Waals surface area (Å²) in [6, 6.07) is 14.3. The molecule has 0 saturated heterocycles. The third-order valence-electron chi connectivity index (χ3n) is 5.53. The van der Waals surface area contributed by atoms with Crippen LogP contribution in [0.4, 0.5) is 0 Å². The Morgan fingerprint density at radius 2 is 1.79 bits per heavy atom. The number of hydrogen-bond acceptors (Lipinski definition) is 6. The lowest BCUT2D eigenvalue weighted by Gasteiger charge is -2.25. The highest BCUT2D eigenvalue weighted by molar-refractivity contribution is 7.15. The molecule has 3 rings (SSSR count). The molecule has 0 aliphatic carbocycles. The van der Waals surface area contributed by atoms with Crippen molar-refractivity contribution in [1.82, 2.24) is 4.98 Å². The van der Waals surface area contributed by atoms with Crippen LogP contribution in [0.1, 0.15) is 68.8 Å². The SMILES string of the molecule is CCCc1ccc(-c2nc(C)c(C(C)Oc3ccc(OC(C)(C)C(=O)OCC)c(C)c3)s2)cc1. The molecule has 1 unspecified atom stereocenters. The van der Waals surface area contributed by atoms with Crippen LogP contribution in [-0.2, 0) is 16.0 Å². The zero-order chi connectivity index (χ0) is 24.9. The molecule has 182 valence electrons. The number of carbonyl (C=O) groups is 1. The summed E-state index contributed by atoms with van der Waals surface area (Å²) >= 11 is 1.67. The fraction of sp³-hybridized carbons (Fsp3) is 0.429. The second kappa shape index (κ2) is 11.0. The van der Waals surface area contributed by atoms with Crippen molar-refractivity contribution in [2.75, 3.05) is 6.61 Å². The van der Waals surface area contributed by atoms with Gasteiger partial charge in [0.1, 0.15) is 22.6 Å². The van der Waals surface area contributed by atoms with E-state index in [-0.39, 0.29) is 12.1 Å². The summed E-state index contributed by atoms with van der Waals surface area (Å²) in [7, 11) is 0. The Balaban J connectivity index is 1.71. The number of ether oxygens (including phenoxy) is 3. The molecular formula is C28H35NO4S. The molecule has 0 saturated carbocycles. The molecule has 1 heterocycles. The molecule has 3 aromatic rings. The topological polar surface area (TPSA) is 57.7 Å². The average Bonchev–Trinajstić information content (AvgIpc) is 3.18. The summed E-state index contributed by atoms with van der Waals surface area (Å²) in [6.45, 7) is 13.7. The van der Waals surface area contributed by atoms with Crippen LogP contribution in [0, 0.1) is 13.8 Å². The van der Waals surface area contributed by atoms with E-state index >= 15 is 0 Å². The summed E-state index contributed by atoms with van der Waals surface area (Å²) in [6.07, 6.45) is 2.09. The largest absolute Gasteiger partial charge is 0.485 e. The van der Waals surface area contributed by atoms with E-state index in [1.54, 1.807) is 32.1 Å². The zero-order valence-corrected chi connectivity index (χ0v) is 22.0. The number of esters is 1. The van der Waals surface area contributed by atoms with Crippen LogP contribution in [0.5, 0.6) is 11.5 Å². The molecule has 1 aromatic heterocycles. The van der Waals surface area contributed by atoms with E-state index in [9.17, 15) is 4.79 Å². The maximum absolute atomic E-state index is 12.2. The molecule has 0 fully saturated rings. The Kier molecular flexibility index (Phi) is 8.37. The van der Waals surface area contributed by atoms with Crippen LogP contribution in [0.15, 0.2) is 42.5 Å². The van der Waals surface area contributed by atoms with Gasteiger partial charge < -0.3 is 14.2 Å². The fourth-order valence-electron chi connectivity index (χ4n) is 3.70. The monoisotopic (exact) mass is 481 g/mol.